The second kappa shape index (κ2) is 7.85. The first-order valence-corrected chi connectivity index (χ1v) is 10.6. The van der Waals surface area contributed by atoms with Gasteiger partial charge in [-0.05, 0) is 30.3 Å². The van der Waals surface area contributed by atoms with Crippen LogP contribution >= 0.6 is 0 Å². The van der Waals surface area contributed by atoms with Crippen LogP contribution in [0.5, 0.6) is 0 Å². The predicted octanol–water partition coefficient (Wildman–Crippen LogP) is 2.13. The highest BCUT2D eigenvalue weighted by molar-refractivity contribution is 7.90. The Morgan fingerprint density at radius 2 is 1.77 bits per heavy atom. The molecule has 0 radical (unpaired) electrons. The van der Waals surface area contributed by atoms with Crippen molar-refractivity contribution in [3.8, 4) is 5.69 Å². The Kier molecular flexibility index (Phi) is 5.35. The van der Waals surface area contributed by atoms with Gasteiger partial charge in [0.05, 0.1) is 24.5 Å². The molecule has 0 amide bonds. The zero-order valence-electron chi connectivity index (χ0n) is 16.0. The van der Waals surface area contributed by atoms with E-state index in [4.69, 9.17) is 4.74 Å². The molecule has 0 spiro atoms. The van der Waals surface area contributed by atoms with Crippen LogP contribution in [0.4, 0.5) is 19.0 Å². The van der Waals surface area contributed by atoms with Gasteiger partial charge < -0.3 is 9.64 Å². The molecular weight excluding hydrogens is 437 g/mol. The number of pyridine rings is 1. The normalized spacial score (nSPS) is 15.3. The van der Waals surface area contributed by atoms with Crippen molar-refractivity contribution in [3.05, 3.63) is 71.0 Å². The van der Waals surface area contributed by atoms with Crippen molar-refractivity contribution in [2.45, 2.75) is 11.1 Å². The lowest BCUT2D eigenvalue weighted by Crippen LogP contribution is -2.36. The number of morpholine rings is 1. The minimum absolute atomic E-state index is 0.102. The summed E-state index contributed by atoms with van der Waals surface area (Å²) in [7, 11) is -4.29. The van der Waals surface area contributed by atoms with Gasteiger partial charge >= 0.3 is 11.9 Å². The fourth-order valence-corrected chi connectivity index (χ4v) is 4.35. The SMILES string of the molecule is O=c1n(-c2cccc(C(F)(F)F)c2)ccn1S(=O)(=O)c1ccc(N2CCOCC2)nc1. The van der Waals surface area contributed by atoms with E-state index in [1.165, 1.54) is 18.2 Å². The molecule has 1 aliphatic heterocycles. The van der Waals surface area contributed by atoms with E-state index in [9.17, 15) is 26.4 Å². The van der Waals surface area contributed by atoms with E-state index in [1.807, 2.05) is 4.90 Å². The second-order valence-corrected chi connectivity index (χ2v) is 8.57. The van der Waals surface area contributed by atoms with Crippen LogP contribution in [0.1, 0.15) is 5.56 Å². The molecule has 0 bridgehead atoms. The van der Waals surface area contributed by atoms with Crippen molar-refractivity contribution < 1.29 is 26.3 Å². The summed E-state index contributed by atoms with van der Waals surface area (Å²) < 4.78 is 71.3. The Balaban J connectivity index is 1.66. The molecule has 0 atom stereocenters. The van der Waals surface area contributed by atoms with Crippen molar-refractivity contribution in [3.63, 3.8) is 0 Å². The smallest absolute Gasteiger partial charge is 0.378 e. The Labute approximate surface area is 175 Å². The summed E-state index contributed by atoms with van der Waals surface area (Å²) in [4.78, 5) is 18.6. The summed E-state index contributed by atoms with van der Waals surface area (Å²) in [6.07, 6.45) is -1.35. The molecule has 3 heterocycles. The van der Waals surface area contributed by atoms with Gasteiger partial charge in [0.25, 0.3) is 10.0 Å². The molecule has 0 aliphatic carbocycles. The average molecular weight is 454 g/mol. The van der Waals surface area contributed by atoms with E-state index in [2.05, 4.69) is 4.98 Å². The first-order chi connectivity index (χ1) is 14.7. The molecule has 31 heavy (non-hydrogen) atoms. The van der Waals surface area contributed by atoms with Crippen molar-refractivity contribution >= 4 is 15.8 Å². The highest BCUT2D eigenvalue weighted by Gasteiger charge is 2.31. The van der Waals surface area contributed by atoms with E-state index in [1.54, 1.807) is 0 Å². The van der Waals surface area contributed by atoms with Crippen LogP contribution in [0, 0.1) is 0 Å². The molecule has 164 valence electrons. The zero-order chi connectivity index (χ0) is 22.2. The molecule has 4 rings (SSSR count). The third kappa shape index (κ3) is 4.08. The molecule has 8 nitrogen and oxygen atoms in total. The number of imidazole rings is 1. The fourth-order valence-electron chi connectivity index (χ4n) is 3.19. The maximum atomic E-state index is 13.0. The summed E-state index contributed by atoms with van der Waals surface area (Å²) >= 11 is 0. The van der Waals surface area contributed by atoms with Crippen LogP contribution in [0.3, 0.4) is 0 Å². The minimum Gasteiger partial charge on any atom is -0.378 e. The first kappa shape index (κ1) is 21.1. The number of hydrogen-bond donors (Lipinski definition) is 0. The molecule has 0 unspecified atom stereocenters. The van der Waals surface area contributed by atoms with Gasteiger partial charge in [-0.2, -0.15) is 17.1 Å². The van der Waals surface area contributed by atoms with Crippen LogP contribution in [0.15, 0.2) is 64.7 Å². The maximum absolute atomic E-state index is 13.0. The van der Waals surface area contributed by atoms with Gasteiger partial charge in [0.15, 0.2) is 0 Å². The van der Waals surface area contributed by atoms with E-state index < -0.39 is 27.5 Å². The number of nitrogens with zero attached hydrogens (tertiary/aromatic N) is 4. The standard InChI is InChI=1S/C19H17F3N4O4S/c20-19(21,22)14-2-1-3-15(12-14)25-6-7-26(18(25)27)31(28,29)16-4-5-17(23-13-16)24-8-10-30-11-9-24/h1-7,12-13H,8-11H2. The number of halogens is 3. The van der Waals surface area contributed by atoms with Gasteiger partial charge in [-0.15, -0.1) is 0 Å². The number of alkyl halides is 3. The summed E-state index contributed by atoms with van der Waals surface area (Å²) in [5.74, 6) is 0.580. The molecule has 0 N–H and O–H groups in total. The molecule has 1 saturated heterocycles. The van der Waals surface area contributed by atoms with Gasteiger partial charge in [0.1, 0.15) is 10.7 Å². The highest BCUT2D eigenvalue weighted by Crippen LogP contribution is 2.30. The van der Waals surface area contributed by atoms with Gasteiger partial charge in [-0.1, -0.05) is 6.07 Å². The van der Waals surface area contributed by atoms with E-state index in [0.29, 0.717) is 36.1 Å². The van der Waals surface area contributed by atoms with E-state index in [0.717, 1.165) is 41.4 Å². The van der Waals surface area contributed by atoms with E-state index >= 15 is 0 Å². The number of hydrogen-bond acceptors (Lipinski definition) is 6. The summed E-state index contributed by atoms with van der Waals surface area (Å²) in [6, 6.07) is 6.94. The van der Waals surface area contributed by atoms with Crippen LogP contribution < -0.4 is 10.6 Å². The van der Waals surface area contributed by atoms with Crippen LogP contribution in [0.25, 0.3) is 5.69 Å². The predicted molar refractivity (Wildman–Crippen MR) is 105 cm³/mol. The van der Waals surface area contributed by atoms with Crippen molar-refractivity contribution in [1.29, 1.82) is 0 Å². The molecule has 1 fully saturated rings. The summed E-state index contributed by atoms with van der Waals surface area (Å²) in [5, 5.41) is 0. The number of aromatic nitrogens is 3. The average Bonchev–Trinajstić information content (AvgIpc) is 3.16. The lowest BCUT2D eigenvalue weighted by Gasteiger charge is -2.27. The monoisotopic (exact) mass is 454 g/mol. The quantitative estimate of drug-likeness (QED) is 0.601. The molecule has 12 heteroatoms. The summed E-state index contributed by atoms with van der Waals surface area (Å²) in [6.45, 7) is 2.33. The first-order valence-electron chi connectivity index (χ1n) is 9.20. The molecule has 2 aromatic heterocycles. The highest BCUT2D eigenvalue weighted by atomic mass is 32.2. The maximum Gasteiger partial charge on any atom is 0.416 e. The zero-order valence-corrected chi connectivity index (χ0v) is 16.8. The van der Waals surface area contributed by atoms with Crippen molar-refractivity contribution in [1.82, 2.24) is 13.5 Å². The van der Waals surface area contributed by atoms with Gasteiger partial charge in [-0.25, -0.2) is 18.2 Å². The van der Waals surface area contributed by atoms with Crippen LogP contribution in [-0.2, 0) is 20.9 Å². The molecule has 1 aromatic carbocycles. The van der Waals surface area contributed by atoms with Gasteiger partial charge in [0, 0.05) is 31.7 Å². The third-order valence-electron chi connectivity index (χ3n) is 4.81. The Morgan fingerprint density at radius 3 is 2.42 bits per heavy atom. The Morgan fingerprint density at radius 1 is 1.03 bits per heavy atom. The number of ether oxygens (including phenoxy) is 1. The number of anilines is 1. The van der Waals surface area contributed by atoms with Crippen molar-refractivity contribution in [2.24, 2.45) is 0 Å². The molecule has 3 aromatic rings. The van der Waals surface area contributed by atoms with Crippen molar-refractivity contribution in [2.75, 3.05) is 31.2 Å². The largest absolute Gasteiger partial charge is 0.416 e. The third-order valence-corrected chi connectivity index (χ3v) is 6.44. The second-order valence-electron chi connectivity index (χ2n) is 6.75. The fraction of sp³-hybridized carbons (Fsp3) is 0.263. The van der Waals surface area contributed by atoms with Gasteiger partial charge in [0.2, 0.25) is 0 Å². The van der Waals surface area contributed by atoms with Crippen LogP contribution in [-0.4, -0.2) is 48.2 Å². The van der Waals surface area contributed by atoms with Gasteiger partial charge in [-0.3, -0.25) is 4.57 Å². The lowest BCUT2D eigenvalue weighted by molar-refractivity contribution is -0.137. The Hall–Kier alpha value is -3.12. The molecular formula is C19H17F3N4O4S. The topological polar surface area (TPSA) is 86.4 Å². The summed E-state index contributed by atoms with van der Waals surface area (Å²) in [5.41, 5.74) is -2.07. The van der Waals surface area contributed by atoms with E-state index in [-0.39, 0.29) is 10.6 Å². The number of benzene rings is 1. The minimum atomic E-state index is -4.60. The Bertz CT molecular complexity index is 1240. The van der Waals surface area contributed by atoms with Crippen LogP contribution in [0.2, 0.25) is 0 Å². The lowest BCUT2D eigenvalue weighted by atomic mass is 10.2. The molecule has 1 aliphatic rings. The molecule has 0 saturated carbocycles. The number of rotatable bonds is 4.